The van der Waals surface area contributed by atoms with E-state index in [2.05, 4.69) is 37.5 Å². The Morgan fingerprint density at radius 2 is 1.82 bits per heavy atom. The summed E-state index contributed by atoms with van der Waals surface area (Å²) in [5, 5.41) is 0. The monoisotopic (exact) mass is 238 g/mol. The first-order chi connectivity index (χ1) is 7.93. The molecule has 0 bridgehead atoms. The molecule has 0 spiro atoms. The van der Waals surface area contributed by atoms with Gasteiger partial charge in [0.15, 0.2) is 0 Å². The predicted octanol–water partition coefficient (Wildman–Crippen LogP) is 2.26. The van der Waals surface area contributed by atoms with Gasteiger partial charge >= 0.3 is 0 Å². The zero-order chi connectivity index (χ0) is 12.6. The lowest BCUT2D eigenvalue weighted by atomic mass is 9.90. The molecule has 1 atom stereocenters. The largest absolute Gasteiger partial charge is 0.336 e. The number of rotatable bonds is 2. The number of amides is 1. The summed E-state index contributed by atoms with van der Waals surface area (Å²) in [6, 6.07) is 1.05. The minimum Gasteiger partial charge on any atom is -0.336 e. The van der Waals surface area contributed by atoms with Gasteiger partial charge in [-0.15, -0.1) is 0 Å². The fourth-order valence-electron chi connectivity index (χ4n) is 3.15. The summed E-state index contributed by atoms with van der Waals surface area (Å²) >= 11 is 0. The molecule has 0 radical (unpaired) electrons. The van der Waals surface area contributed by atoms with E-state index in [1.165, 1.54) is 0 Å². The van der Waals surface area contributed by atoms with Crippen molar-refractivity contribution in [1.29, 1.82) is 0 Å². The average molecular weight is 238 g/mol. The molecule has 0 N–H and O–H groups in total. The van der Waals surface area contributed by atoms with E-state index < -0.39 is 0 Å². The van der Waals surface area contributed by atoms with Gasteiger partial charge in [-0.1, -0.05) is 6.92 Å². The Labute approximate surface area is 105 Å². The summed E-state index contributed by atoms with van der Waals surface area (Å²) in [5.74, 6) is 0.381. The molecule has 2 fully saturated rings. The zero-order valence-corrected chi connectivity index (χ0v) is 11.7. The molecule has 1 amide bonds. The van der Waals surface area contributed by atoms with E-state index in [0.717, 1.165) is 38.8 Å². The molecule has 0 aliphatic carbocycles. The summed E-state index contributed by atoms with van der Waals surface area (Å²) in [4.78, 5) is 16.4. The van der Waals surface area contributed by atoms with Gasteiger partial charge in [0.1, 0.15) is 0 Å². The van der Waals surface area contributed by atoms with E-state index in [9.17, 15) is 4.79 Å². The second-order valence-electron chi connectivity index (χ2n) is 6.46. The van der Waals surface area contributed by atoms with Gasteiger partial charge in [0, 0.05) is 37.1 Å². The first-order valence-electron chi connectivity index (χ1n) is 6.99. The summed E-state index contributed by atoms with van der Waals surface area (Å²) in [7, 11) is 0. The standard InChI is InChI=1S/C14H26N2O/c1-5-11-10-13(17)16(11)12-6-8-15(9-7-12)14(2,3)4/h11-12H,5-10H2,1-4H3. The molecule has 0 saturated carbocycles. The minimum absolute atomic E-state index is 0.272. The Balaban J connectivity index is 1.89. The van der Waals surface area contributed by atoms with Crippen LogP contribution in [0.3, 0.4) is 0 Å². The summed E-state index contributed by atoms with van der Waals surface area (Å²) in [5.41, 5.74) is 0.272. The lowest BCUT2D eigenvalue weighted by Crippen LogP contribution is -2.60. The van der Waals surface area contributed by atoms with Gasteiger partial charge < -0.3 is 4.90 Å². The van der Waals surface area contributed by atoms with Gasteiger partial charge in [-0.25, -0.2) is 0 Å². The molecule has 2 aliphatic rings. The highest BCUT2D eigenvalue weighted by Crippen LogP contribution is 2.31. The molecule has 98 valence electrons. The number of hydrogen-bond donors (Lipinski definition) is 0. The normalized spacial score (nSPS) is 28.4. The molecule has 1 unspecified atom stereocenters. The van der Waals surface area contributed by atoms with E-state index in [4.69, 9.17) is 0 Å². The number of likely N-dealkylation sites (tertiary alicyclic amines) is 2. The molecule has 0 aromatic heterocycles. The fourth-order valence-corrected chi connectivity index (χ4v) is 3.15. The quantitative estimate of drug-likeness (QED) is 0.689. The van der Waals surface area contributed by atoms with Crippen molar-refractivity contribution in [2.45, 2.75) is 71.0 Å². The molecular formula is C14H26N2O. The first kappa shape index (κ1) is 12.9. The van der Waals surface area contributed by atoms with E-state index in [0.29, 0.717) is 18.0 Å². The number of carbonyl (C=O) groups is 1. The first-order valence-corrected chi connectivity index (χ1v) is 6.99. The predicted molar refractivity (Wildman–Crippen MR) is 69.9 cm³/mol. The number of hydrogen-bond acceptors (Lipinski definition) is 2. The molecule has 17 heavy (non-hydrogen) atoms. The van der Waals surface area contributed by atoms with Crippen LogP contribution in [0.25, 0.3) is 0 Å². The molecule has 0 aromatic carbocycles. The zero-order valence-electron chi connectivity index (χ0n) is 11.7. The van der Waals surface area contributed by atoms with Crippen molar-refractivity contribution in [2.24, 2.45) is 0 Å². The Kier molecular flexibility index (Phi) is 3.48. The van der Waals surface area contributed by atoms with Crippen molar-refractivity contribution < 1.29 is 4.79 Å². The molecule has 3 heteroatoms. The van der Waals surface area contributed by atoms with E-state index in [1.807, 2.05) is 0 Å². The molecule has 2 rings (SSSR count). The summed E-state index contributed by atoms with van der Waals surface area (Å²) in [6.45, 7) is 11.3. The molecule has 3 nitrogen and oxygen atoms in total. The van der Waals surface area contributed by atoms with Crippen LogP contribution in [0.1, 0.15) is 53.4 Å². The molecule has 2 aliphatic heterocycles. The maximum atomic E-state index is 11.7. The Bertz CT molecular complexity index is 287. The van der Waals surface area contributed by atoms with Crippen molar-refractivity contribution in [1.82, 2.24) is 9.80 Å². The summed E-state index contributed by atoms with van der Waals surface area (Å²) in [6.07, 6.45) is 4.21. The fraction of sp³-hybridized carbons (Fsp3) is 0.929. The third kappa shape index (κ3) is 2.49. The van der Waals surface area contributed by atoms with E-state index in [-0.39, 0.29) is 5.54 Å². The SMILES string of the molecule is CCC1CC(=O)N1C1CCN(C(C)(C)C)CC1. The maximum absolute atomic E-state index is 11.7. The van der Waals surface area contributed by atoms with Crippen molar-refractivity contribution in [3.63, 3.8) is 0 Å². The van der Waals surface area contributed by atoms with Crippen LogP contribution in [0, 0.1) is 0 Å². The van der Waals surface area contributed by atoms with Gasteiger partial charge in [0.05, 0.1) is 0 Å². The van der Waals surface area contributed by atoms with Crippen LogP contribution < -0.4 is 0 Å². The van der Waals surface area contributed by atoms with Crippen LogP contribution in [0.2, 0.25) is 0 Å². The minimum atomic E-state index is 0.272. The van der Waals surface area contributed by atoms with Crippen LogP contribution in [0.5, 0.6) is 0 Å². The third-order valence-electron chi connectivity index (χ3n) is 4.37. The number of carbonyl (C=O) groups excluding carboxylic acids is 1. The van der Waals surface area contributed by atoms with Crippen LogP contribution in [0.15, 0.2) is 0 Å². The van der Waals surface area contributed by atoms with Gasteiger partial charge in [0.25, 0.3) is 0 Å². The third-order valence-corrected chi connectivity index (χ3v) is 4.37. The topological polar surface area (TPSA) is 23.6 Å². The Hall–Kier alpha value is -0.570. The van der Waals surface area contributed by atoms with Crippen molar-refractivity contribution >= 4 is 5.91 Å². The summed E-state index contributed by atoms with van der Waals surface area (Å²) < 4.78 is 0. The maximum Gasteiger partial charge on any atom is 0.225 e. The van der Waals surface area contributed by atoms with Crippen molar-refractivity contribution in [3.05, 3.63) is 0 Å². The van der Waals surface area contributed by atoms with Gasteiger partial charge in [-0.3, -0.25) is 9.69 Å². The Morgan fingerprint density at radius 3 is 2.24 bits per heavy atom. The number of piperidine rings is 1. The van der Waals surface area contributed by atoms with Crippen LogP contribution >= 0.6 is 0 Å². The van der Waals surface area contributed by atoms with Crippen molar-refractivity contribution in [2.75, 3.05) is 13.1 Å². The van der Waals surface area contributed by atoms with Gasteiger partial charge in [-0.2, -0.15) is 0 Å². The van der Waals surface area contributed by atoms with E-state index >= 15 is 0 Å². The van der Waals surface area contributed by atoms with Crippen molar-refractivity contribution in [3.8, 4) is 0 Å². The number of β-lactam (4-membered cyclic amide) rings is 1. The van der Waals surface area contributed by atoms with Gasteiger partial charge in [-0.05, 0) is 40.0 Å². The van der Waals surface area contributed by atoms with Crippen LogP contribution in [-0.4, -0.2) is 46.4 Å². The van der Waals surface area contributed by atoms with Crippen LogP contribution in [-0.2, 0) is 4.79 Å². The molecule has 2 saturated heterocycles. The smallest absolute Gasteiger partial charge is 0.225 e. The lowest BCUT2D eigenvalue weighted by molar-refractivity contribution is -0.152. The highest BCUT2D eigenvalue weighted by atomic mass is 16.2. The highest BCUT2D eigenvalue weighted by molar-refractivity contribution is 5.83. The molecule has 0 aromatic rings. The van der Waals surface area contributed by atoms with Crippen LogP contribution in [0.4, 0.5) is 0 Å². The van der Waals surface area contributed by atoms with Gasteiger partial charge in [0.2, 0.25) is 5.91 Å². The second-order valence-corrected chi connectivity index (χ2v) is 6.46. The Morgan fingerprint density at radius 1 is 1.24 bits per heavy atom. The second kappa shape index (κ2) is 4.60. The number of nitrogens with zero attached hydrogens (tertiary/aromatic N) is 2. The average Bonchev–Trinajstić information content (AvgIpc) is 2.25. The van der Waals surface area contributed by atoms with E-state index in [1.54, 1.807) is 0 Å². The lowest BCUT2D eigenvalue weighted by Gasteiger charge is -2.50. The highest BCUT2D eigenvalue weighted by Gasteiger charge is 2.41. The molecule has 2 heterocycles. The molecular weight excluding hydrogens is 212 g/mol.